The number of methoxy groups -OCH3 is 1. The minimum atomic E-state index is -3.78. The highest BCUT2D eigenvalue weighted by molar-refractivity contribution is 7.89. The van der Waals surface area contributed by atoms with E-state index in [1.807, 2.05) is 0 Å². The Hall–Kier alpha value is -4.10. The molecule has 12 nitrogen and oxygen atoms in total. The number of hydrogen-bond donors (Lipinski definition) is 2. The van der Waals surface area contributed by atoms with E-state index in [1.165, 1.54) is 48.2 Å². The number of carbonyl (C=O) groups is 1. The molecule has 0 radical (unpaired) electrons. The van der Waals surface area contributed by atoms with Crippen molar-refractivity contribution in [3.05, 3.63) is 85.8 Å². The molecule has 0 saturated carbocycles. The molecule has 0 spiro atoms. The molecular weight excluding hydrogens is 478 g/mol. The lowest BCUT2D eigenvalue weighted by Crippen LogP contribution is -2.20. The van der Waals surface area contributed by atoms with Crippen LogP contribution in [0.15, 0.2) is 63.2 Å². The van der Waals surface area contributed by atoms with E-state index >= 15 is 0 Å². The number of nitrogens with two attached hydrogens (primary N) is 1. The van der Waals surface area contributed by atoms with Crippen LogP contribution in [0.25, 0.3) is 5.69 Å². The molecule has 3 aromatic rings. The first-order valence-corrected chi connectivity index (χ1v) is 11.8. The fourth-order valence-corrected chi connectivity index (χ4v) is 3.90. The van der Waals surface area contributed by atoms with Gasteiger partial charge in [-0.2, -0.15) is 0 Å². The van der Waals surface area contributed by atoms with E-state index in [-0.39, 0.29) is 22.6 Å². The Morgan fingerprint density at radius 1 is 1.17 bits per heavy atom. The first-order chi connectivity index (χ1) is 16.5. The molecule has 3 rings (SSSR count). The van der Waals surface area contributed by atoms with Crippen LogP contribution in [0.2, 0.25) is 0 Å². The molecule has 0 aliphatic heterocycles. The summed E-state index contributed by atoms with van der Waals surface area (Å²) < 4.78 is 28.7. The Morgan fingerprint density at radius 3 is 2.34 bits per heavy atom. The molecular formula is C22H23N5O7S. The van der Waals surface area contributed by atoms with Gasteiger partial charge in [-0.1, -0.05) is 12.1 Å². The number of nitrogens with one attached hydrogen (secondary N) is 1. The third kappa shape index (κ3) is 6.07. The molecule has 2 aromatic carbocycles. The highest BCUT2D eigenvalue weighted by atomic mass is 32.2. The number of nitro benzene ring substituents is 1. The van der Waals surface area contributed by atoms with Gasteiger partial charge in [-0.25, -0.2) is 18.2 Å². The molecule has 0 bridgehead atoms. The number of rotatable bonds is 9. The van der Waals surface area contributed by atoms with Gasteiger partial charge in [0.1, 0.15) is 0 Å². The number of benzene rings is 2. The number of hydrogen-bond acceptors (Lipinski definition) is 8. The molecule has 0 aliphatic carbocycles. The van der Waals surface area contributed by atoms with E-state index in [0.717, 1.165) is 5.56 Å². The average Bonchev–Trinajstić information content (AvgIpc) is 3.14. The van der Waals surface area contributed by atoms with Crippen LogP contribution >= 0.6 is 0 Å². The normalized spacial score (nSPS) is 11.9. The second kappa shape index (κ2) is 10.4. The summed E-state index contributed by atoms with van der Waals surface area (Å²) >= 11 is 0. The summed E-state index contributed by atoms with van der Waals surface area (Å²) in [5, 5.41) is 18.9. The van der Waals surface area contributed by atoms with Crippen molar-refractivity contribution in [1.29, 1.82) is 0 Å². The van der Waals surface area contributed by atoms with Crippen molar-refractivity contribution in [3.8, 4) is 5.69 Å². The monoisotopic (exact) mass is 501 g/mol. The maximum absolute atomic E-state index is 13.2. The summed E-state index contributed by atoms with van der Waals surface area (Å²) in [6.45, 7) is 1.93. The van der Waals surface area contributed by atoms with Crippen molar-refractivity contribution in [1.82, 2.24) is 9.78 Å². The molecule has 1 aromatic heterocycles. The molecule has 35 heavy (non-hydrogen) atoms. The summed E-state index contributed by atoms with van der Waals surface area (Å²) in [7, 11) is -2.55. The third-order valence-electron chi connectivity index (χ3n) is 5.20. The van der Waals surface area contributed by atoms with Gasteiger partial charge in [-0.05, 0) is 43.2 Å². The van der Waals surface area contributed by atoms with Crippen LogP contribution in [0.3, 0.4) is 0 Å². The Bertz CT molecular complexity index is 1440. The standard InChI is InChI=1S/C22H23N5O7S/c1-14(24-12-11-15-3-9-18(10-4-15)35(23,32)33)21-19(13-20(28)34-2)25-26(22(21)29)16-5-7-17(8-6-16)27(30)31/h3-10,25H,11-13H2,1-2H3,(H2,23,32,33). The zero-order valence-corrected chi connectivity index (χ0v) is 19.7. The average molecular weight is 502 g/mol. The topological polar surface area (TPSA) is 180 Å². The van der Waals surface area contributed by atoms with E-state index in [2.05, 4.69) is 10.1 Å². The minimum Gasteiger partial charge on any atom is -0.469 e. The fourth-order valence-electron chi connectivity index (χ4n) is 3.38. The van der Waals surface area contributed by atoms with Gasteiger partial charge in [0.15, 0.2) is 0 Å². The van der Waals surface area contributed by atoms with Gasteiger partial charge in [0.05, 0.1) is 40.3 Å². The van der Waals surface area contributed by atoms with E-state index in [4.69, 9.17) is 9.88 Å². The van der Waals surface area contributed by atoms with Crippen molar-refractivity contribution in [3.63, 3.8) is 0 Å². The number of aliphatic imine (C=N–C) groups is 1. The summed E-state index contributed by atoms with van der Waals surface area (Å²) in [5.41, 5.74) is 1.43. The highest BCUT2D eigenvalue weighted by Crippen LogP contribution is 2.16. The Morgan fingerprint density at radius 2 is 1.80 bits per heavy atom. The summed E-state index contributed by atoms with van der Waals surface area (Å²) in [6.07, 6.45) is 0.262. The number of aromatic nitrogens is 2. The molecule has 1 heterocycles. The molecule has 0 amide bonds. The first-order valence-electron chi connectivity index (χ1n) is 10.3. The van der Waals surface area contributed by atoms with Gasteiger partial charge >= 0.3 is 5.97 Å². The Balaban J connectivity index is 1.89. The van der Waals surface area contributed by atoms with Crippen LogP contribution in [0, 0.1) is 10.1 Å². The highest BCUT2D eigenvalue weighted by Gasteiger charge is 2.20. The Kier molecular flexibility index (Phi) is 7.62. The lowest BCUT2D eigenvalue weighted by Gasteiger charge is -2.03. The number of aromatic amines is 1. The quantitative estimate of drug-likeness (QED) is 0.193. The number of primary sulfonamides is 1. The number of nitro groups is 1. The molecule has 3 N–H and O–H groups in total. The van der Waals surface area contributed by atoms with E-state index < -0.39 is 26.5 Å². The number of esters is 1. The van der Waals surface area contributed by atoms with Crippen molar-refractivity contribution >= 4 is 27.4 Å². The lowest BCUT2D eigenvalue weighted by atomic mass is 10.1. The maximum atomic E-state index is 13.2. The van der Waals surface area contributed by atoms with Crippen molar-refractivity contribution in [2.24, 2.45) is 10.1 Å². The number of carbonyl (C=O) groups excluding carboxylic acids is 1. The van der Waals surface area contributed by atoms with Crippen molar-refractivity contribution in [2.75, 3.05) is 13.7 Å². The Labute approximate surface area is 200 Å². The predicted octanol–water partition coefficient (Wildman–Crippen LogP) is 1.49. The van der Waals surface area contributed by atoms with Gasteiger partial charge in [0, 0.05) is 24.4 Å². The second-order valence-corrected chi connectivity index (χ2v) is 9.10. The van der Waals surface area contributed by atoms with E-state index in [1.54, 1.807) is 19.1 Å². The van der Waals surface area contributed by atoms with Gasteiger partial charge in [0.25, 0.3) is 11.2 Å². The number of sulfonamides is 1. The zero-order valence-electron chi connectivity index (χ0n) is 18.9. The summed E-state index contributed by atoms with van der Waals surface area (Å²) in [6, 6.07) is 11.4. The second-order valence-electron chi connectivity index (χ2n) is 7.54. The number of ether oxygens (including phenoxy) is 1. The summed E-state index contributed by atoms with van der Waals surface area (Å²) in [5.74, 6) is -0.564. The van der Waals surface area contributed by atoms with E-state index in [0.29, 0.717) is 30.1 Å². The number of non-ortho nitro benzene ring substituents is 1. The molecule has 0 unspecified atom stereocenters. The van der Waals surface area contributed by atoms with Gasteiger partial charge in [-0.3, -0.25) is 29.8 Å². The van der Waals surface area contributed by atoms with Crippen LogP contribution in [0.5, 0.6) is 0 Å². The molecule has 0 fully saturated rings. The van der Waals surface area contributed by atoms with Gasteiger partial charge in [-0.15, -0.1) is 0 Å². The molecule has 0 saturated heterocycles. The minimum absolute atomic E-state index is 0.00695. The zero-order chi connectivity index (χ0) is 25.8. The fraction of sp³-hybridized carbons (Fsp3) is 0.227. The van der Waals surface area contributed by atoms with Crippen molar-refractivity contribution in [2.45, 2.75) is 24.7 Å². The van der Waals surface area contributed by atoms with Gasteiger partial charge in [0.2, 0.25) is 10.0 Å². The lowest BCUT2D eigenvalue weighted by molar-refractivity contribution is -0.384. The van der Waals surface area contributed by atoms with Crippen molar-refractivity contribution < 1.29 is 22.9 Å². The largest absolute Gasteiger partial charge is 0.469 e. The van der Waals surface area contributed by atoms with Crippen LogP contribution in [0.1, 0.15) is 23.7 Å². The third-order valence-corrected chi connectivity index (χ3v) is 6.13. The van der Waals surface area contributed by atoms with Crippen LogP contribution in [0.4, 0.5) is 5.69 Å². The SMILES string of the molecule is COC(=O)Cc1[nH]n(-c2ccc([N+](=O)[O-])cc2)c(=O)c1C(C)=NCCc1ccc(S(N)(=O)=O)cc1. The van der Waals surface area contributed by atoms with Gasteiger partial charge < -0.3 is 4.74 Å². The number of H-pyrrole nitrogens is 1. The maximum Gasteiger partial charge on any atom is 0.311 e. The molecule has 13 heteroatoms. The van der Waals surface area contributed by atoms with Crippen LogP contribution < -0.4 is 10.7 Å². The first kappa shape index (κ1) is 25.5. The van der Waals surface area contributed by atoms with E-state index in [9.17, 15) is 28.1 Å². The van der Waals surface area contributed by atoms with Crippen LogP contribution in [-0.2, 0) is 32.4 Å². The number of nitrogens with zero attached hydrogens (tertiary/aromatic N) is 3. The van der Waals surface area contributed by atoms with Crippen LogP contribution in [-0.4, -0.2) is 48.5 Å². The predicted molar refractivity (Wildman–Crippen MR) is 127 cm³/mol. The summed E-state index contributed by atoms with van der Waals surface area (Å²) in [4.78, 5) is 39.9. The molecule has 0 atom stereocenters. The smallest absolute Gasteiger partial charge is 0.311 e. The molecule has 0 aliphatic rings. The molecule has 184 valence electrons.